The van der Waals surface area contributed by atoms with Gasteiger partial charge in [0.2, 0.25) is 0 Å². The number of benzene rings is 2. The minimum atomic E-state index is -1.03. The molecule has 0 saturated carbocycles. The Balaban J connectivity index is 2.12. The van der Waals surface area contributed by atoms with Crippen molar-refractivity contribution in [1.82, 2.24) is 0 Å². The van der Waals surface area contributed by atoms with E-state index >= 15 is 0 Å². The highest BCUT2D eigenvalue weighted by molar-refractivity contribution is 8.00. The van der Waals surface area contributed by atoms with Gasteiger partial charge in [0.05, 0.1) is 0 Å². The van der Waals surface area contributed by atoms with Gasteiger partial charge in [-0.3, -0.25) is 0 Å². The maximum absolute atomic E-state index is 10.5. The molecule has 0 spiro atoms. The average molecular weight is 319 g/mol. The van der Waals surface area contributed by atoms with Crippen LogP contribution < -0.4 is 4.72 Å². The number of nitrogens with one attached hydrogen (secondary N) is 1. The Bertz CT molecular complexity index is 707. The minimum absolute atomic E-state index is 0.0780. The van der Waals surface area contributed by atoms with Crippen molar-refractivity contribution in [3.63, 3.8) is 0 Å². The van der Waals surface area contributed by atoms with Crippen LogP contribution in [0, 0.1) is 0 Å². The van der Waals surface area contributed by atoms with Gasteiger partial charge in [0.25, 0.3) is 0 Å². The zero-order valence-corrected chi connectivity index (χ0v) is 12.0. The Labute approximate surface area is 130 Å². The van der Waals surface area contributed by atoms with Crippen LogP contribution in [0.3, 0.4) is 0 Å². The lowest BCUT2D eigenvalue weighted by atomic mass is 10.2. The van der Waals surface area contributed by atoms with Gasteiger partial charge < -0.3 is 25.1 Å². The Morgan fingerprint density at radius 3 is 2.41 bits per heavy atom. The molecule has 0 atom stereocenters. The molecule has 0 bridgehead atoms. The first-order valence-corrected chi connectivity index (χ1v) is 6.96. The first kappa shape index (κ1) is 15.6. The average Bonchev–Trinajstić information content (AvgIpc) is 2.44. The molecule has 0 amide bonds. The van der Waals surface area contributed by atoms with Gasteiger partial charge in [-0.2, -0.15) is 0 Å². The number of hydrogen-bond acceptors (Lipinski definition) is 6. The smallest absolute Gasteiger partial charge is 0.328 e. The molecule has 0 saturated heterocycles. The number of phenols is 3. The predicted molar refractivity (Wildman–Crippen MR) is 84.0 cm³/mol. The van der Waals surface area contributed by atoms with E-state index in [9.17, 15) is 20.1 Å². The van der Waals surface area contributed by atoms with Crippen LogP contribution in [-0.4, -0.2) is 26.4 Å². The van der Waals surface area contributed by atoms with Crippen LogP contribution in [-0.2, 0) is 4.79 Å². The molecule has 0 radical (unpaired) electrons. The van der Waals surface area contributed by atoms with Crippen LogP contribution in [0.2, 0.25) is 0 Å². The molecule has 0 aliphatic rings. The van der Waals surface area contributed by atoms with Crippen molar-refractivity contribution in [2.75, 3.05) is 4.72 Å². The number of aromatic hydroxyl groups is 3. The third-order valence-electron chi connectivity index (χ3n) is 2.63. The molecule has 0 aliphatic heterocycles. The molecule has 2 rings (SSSR count). The molecule has 22 heavy (non-hydrogen) atoms. The second-order valence-corrected chi connectivity index (χ2v) is 5.19. The highest BCUT2D eigenvalue weighted by Crippen LogP contribution is 2.39. The third-order valence-corrected chi connectivity index (χ3v) is 3.42. The molecule has 2 aromatic rings. The van der Waals surface area contributed by atoms with E-state index in [0.717, 1.165) is 35.1 Å². The Hall–Kier alpha value is -2.80. The molecule has 5 N–H and O–H groups in total. The summed E-state index contributed by atoms with van der Waals surface area (Å²) in [4.78, 5) is 11.2. The van der Waals surface area contributed by atoms with E-state index in [1.807, 2.05) is 0 Å². The molecule has 0 aliphatic carbocycles. The van der Waals surface area contributed by atoms with E-state index in [0.29, 0.717) is 5.56 Å². The van der Waals surface area contributed by atoms with Crippen molar-refractivity contribution in [3.05, 3.63) is 48.0 Å². The largest absolute Gasteiger partial charge is 0.508 e. The number of rotatable bonds is 5. The van der Waals surface area contributed by atoms with Crippen LogP contribution in [0.15, 0.2) is 47.4 Å². The standard InChI is InChI=1S/C15H13NO5S/c17-10-7-12(18)15(13(19)8-10)16-22-11-3-1-2-9(6-11)4-5-14(20)21/h1-8,16-19H,(H,20,21)/b5-4+. The zero-order valence-electron chi connectivity index (χ0n) is 11.2. The van der Waals surface area contributed by atoms with Crippen LogP contribution in [0.4, 0.5) is 5.69 Å². The van der Waals surface area contributed by atoms with E-state index < -0.39 is 5.97 Å². The molecule has 0 heterocycles. The van der Waals surface area contributed by atoms with E-state index in [2.05, 4.69) is 4.72 Å². The predicted octanol–water partition coefficient (Wildman–Crippen LogP) is 3.02. The number of hydrogen-bond donors (Lipinski definition) is 5. The lowest BCUT2D eigenvalue weighted by Gasteiger charge is -2.10. The molecular weight excluding hydrogens is 306 g/mol. The Morgan fingerprint density at radius 1 is 1.09 bits per heavy atom. The van der Waals surface area contributed by atoms with Crippen molar-refractivity contribution in [2.45, 2.75) is 4.90 Å². The molecule has 7 heteroatoms. The fraction of sp³-hybridized carbons (Fsp3) is 0. The summed E-state index contributed by atoms with van der Waals surface area (Å²) < 4.78 is 2.78. The summed E-state index contributed by atoms with van der Waals surface area (Å²) in [5.41, 5.74) is 0.780. The molecule has 2 aromatic carbocycles. The molecule has 0 unspecified atom stereocenters. The Kier molecular flexibility index (Phi) is 4.80. The monoisotopic (exact) mass is 319 g/mol. The van der Waals surface area contributed by atoms with Crippen LogP contribution in [0.5, 0.6) is 17.2 Å². The van der Waals surface area contributed by atoms with Gasteiger partial charge in [0.15, 0.2) is 0 Å². The fourth-order valence-corrected chi connectivity index (χ4v) is 2.43. The van der Waals surface area contributed by atoms with Gasteiger partial charge in [-0.05, 0) is 35.7 Å². The van der Waals surface area contributed by atoms with Crippen molar-refractivity contribution in [1.29, 1.82) is 0 Å². The lowest BCUT2D eigenvalue weighted by molar-refractivity contribution is -0.131. The maximum atomic E-state index is 10.5. The number of anilines is 1. The van der Waals surface area contributed by atoms with Gasteiger partial charge >= 0.3 is 5.97 Å². The van der Waals surface area contributed by atoms with Gasteiger partial charge in [0, 0.05) is 23.1 Å². The van der Waals surface area contributed by atoms with Crippen molar-refractivity contribution < 1.29 is 25.2 Å². The first-order valence-electron chi connectivity index (χ1n) is 6.14. The van der Waals surface area contributed by atoms with E-state index in [-0.39, 0.29) is 22.9 Å². The van der Waals surface area contributed by atoms with Crippen LogP contribution in [0.1, 0.15) is 5.56 Å². The fourth-order valence-electron chi connectivity index (χ4n) is 1.66. The van der Waals surface area contributed by atoms with Gasteiger partial charge in [-0.15, -0.1) is 0 Å². The first-order chi connectivity index (χ1) is 10.5. The summed E-state index contributed by atoms with van der Waals surface area (Å²) in [7, 11) is 0. The number of carbonyl (C=O) groups is 1. The van der Waals surface area contributed by atoms with Gasteiger partial charge in [0.1, 0.15) is 22.9 Å². The second kappa shape index (κ2) is 6.77. The van der Waals surface area contributed by atoms with Crippen LogP contribution in [0.25, 0.3) is 6.08 Å². The quantitative estimate of drug-likeness (QED) is 0.249. The molecule has 0 fully saturated rings. The van der Waals surface area contributed by atoms with Crippen molar-refractivity contribution >= 4 is 29.7 Å². The number of phenolic OH excluding ortho intramolecular Hbond substituents is 3. The summed E-state index contributed by atoms with van der Waals surface area (Å²) >= 11 is 1.12. The summed E-state index contributed by atoms with van der Waals surface area (Å²) in [5, 5.41) is 37.2. The number of carboxylic acids is 1. The second-order valence-electron chi connectivity index (χ2n) is 4.31. The normalized spacial score (nSPS) is 10.7. The highest BCUT2D eigenvalue weighted by atomic mass is 32.2. The lowest BCUT2D eigenvalue weighted by Crippen LogP contribution is -1.89. The molecule has 0 aromatic heterocycles. The number of carboxylic acid groups (broad SMARTS) is 1. The zero-order chi connectivity index (χ0) is 16.1. The van der Waals surface area contributed by atoms with E-state index in [1.165, 1.54) is 6.08 Å². The minimum Gasteiger partial charge on any atom is -0.508 e. The van der Waals surface area contributed by atoms with Crippen molar-refractivity contribution in [3.8, 4) is 17.2 Å². The summed E-state index contributed by atoms with van der Waals surface area (Å²) in [6.07, 6.45) is 2.50. The number of aliphatic carboxylic acids is 1. The summed E-state index contributed by atoms with van der Waals surface area (Å²) in [6.45, 7) is 0. The van der Waals surface area contributed by atoms with Crippen LogP contribution >= 0.6 is 11.9 Å². The molecule has 114 valence electrons. The Morgan fingerprint density at radius 2 is 1.77 bits per heavy atom. The molecule has 6 nitrogen and oxygen atoms in total. The molecular formula is C15H13NO5S. The third kappa shape index (κ3) is 4.10. The van der Waals surface area contributed by atoms with E-state index in [1.54, 1.807) is 24.3 Å². The highest BCUT2D eigenvalue weighted by Gasteiger charge is 2.09. The van der Waals surface area contributed by atoms with E-state index in [4.69, 9.17) is 5.11 Å². The summed E-state index contributed by atoms with van der Waals surface area (Å²) in [5.74, 6) is -1.85. The van der Waals surface area contributed by atoms with Gasteiger partial charge in [-0.25, -0.2) is 4.79 Å². The SMILES string of the molecule is O=C(O)/C=C/c1cccc(SNc2c(O)cc(O)cc2O)c1. The van der Waals surface area contributed by atoms with Gasteiger partial charge in [-0.1, -0.05) is 12.1 Å². The maximum Gasteiger partial charge on any atom is 0.328 e. The van der Waals surface area contributed by atoms with Crippen molar-refractivity contribution in [2.24, 2.45) is 0 Å². The summed E-state index contributed by atoms with van der Waals surface area (Å²) in [6, 6.07) is 9.24. The topological polar surface area (TPSA) is 110 Å².